The molecule has 2 heterocycles. The lowest BCUT2D eigenvalue weighted by Crippen LogP contribution is -2.27. The Morgan fingerprint density at radius 2 is 1.85 bits per heavy atom. The largest absolute Gasteiger partial charge is 0.456 e. The first-order valence-corrected chi connectivity index (χ1v) is 9.77. The molecule has 26 heavy (non-hydrogen) atoms. The van der Waals surface area contributed by atoms with Gasteiger partial charge in [0.05, 0.1) is 11.1 Å². The van der Waals surface area contributed by atoms with Crippen molar-refractivity contribution in [1.29, 1.82) is 0 Å². The van der Waals surface area contributed by atoms with E-state index in [1.807, 2.05) is 37.3 Å². The number of rotatable bonds is 4. The van der Waals surface area contributed by atoms with Gasteiger partial charge in [0.2, 0.25) is 10.0 Å². The zero-order valence-corrected chi connectivity index (χ0v) is 15.1. The molecule has 3 aromatic rings. The molecular formula is C20H18N2O3S. The first kappa shape index (κ1) is 16.8. The van der Waals surface area contributed by atoms with Crippen LogP contribution < -0.4 is 4.74 Å². The molecule has 0 saturated heterocycles. The number of hydrogen-bond donors (Lipinski definition) is 0. The summed E-state index contributed by atoms with van der Waals surface area (Å²) in [6.07, 6.45) is 3.29. The zero-order chi connectivity index (χ0) is 18.1. The van der Waals surface area contributed by atoms with Crippen molar-refractivity contribution < 1.29 is 13.2 Å². The van der Waals surface area contributed by atoms with Gasteiger partial charge in [0.25, 0.3) is 0 Å². The molecule has 2 aromatic carbocycles. The molecule has 6 heteroatoms. The lowest BCUT2D eigenvalue weighted by atomic mass is 10.1. The first-order chi connectivity index (χ1) is 12.6. The Bertz CT molecular complexity index is 1020. The molecule has 0 amide bonds. The predicted octanol–water partition coefficient (Wildman–Crippen LogP) is 4.14. The summed E-state index contributed by atoms with van der Waals surface area (Å²) < 4.78 is 33.2. The molecule has 0 radical (unpaired) electrons. The summed E-state index contributed by atoms with van der Waals surface area (Å²) in [4.78, 5) is 4.36. The second kappa shape index (κ2) is 6.55. The Labute approximate surface area is 152 Å². The third kappa shape index (κ3) is 2.98. The van der Waals surface area contributed by atoms with Gasteiger partial charge in [-0.05, 0) is 48.4 Å². The standard InChI is InChI=1S/C20H18N2O3S/c1-15(16-6-3-2-4-7-16)22-14-17-12-18(9-10-20(17)26(22,23)24)25-19-8-5-11-21-13-19/h2-13,15H,14H2,1H3. The maximum Gasteiger partial charge on any atom is 0.244 e. The van der Waals surface area contributed by atoms with Crippen molar-refractivity contribution >= 4 is 10.0 Å². The van der Waals surface area contributed by atoms with Crippen molar-refractivity contribution in [2.24, 2.45) is 0 Å². The highest BCUT2D eigenvalue weighted by atomic mass is 32.2. The maximum absolute atomic E-state index is 12.9. The van der Waals surface area contributed by atoms with E-state index >= 15 is 0 Å². The Balaban J connectivity index is 1.64. The molecule has 0 saturated carbocycles. The minimum absolute atomic E-state index is 0.240. The summed E-state index contributed by atoms with van der Waals surface area (Å²) in [6.45, 7) is 2.24. The van der Waals surface area contributed by atoms with E-state index in [0.29, 0.717) is 22.9 Å². The van der Waals surface area contributed by atoms with E-state index in [0.717, 1.165) is 11.1 Å². The van der Waals surface area contributed by atoms with Crippen molar-refractivity contribution in [3.63, 3.8) is 0 Å². The normalized spacial score (nSPS) is 16.8. The van der Waals surface area contributed by atoms with Gasteiger partial charge in [0.1, 0.15) is 11.5 Å². The van der Waals surface area contributed by atoms with Crippen molar-refractivity contribution in [2.45, 2.75) is 24.4 Å². The Morgan fingerprint density at radius 1 is 1.04 bits per heavy atom. The molecule has 0 spiro atoms. The van der Waals surface area contributed by atoms with Gasteiger partial charge in [-0.15, -0.1) is 0 Å². The van der Waals surface area contributed by atoms with Gasteiger partial charge in [-0.1, -0.05) is 30.3 Å². The van der Waals surface area contributed by atoms with E-state index in [9.17, 15) is 8.42 Å². The van der Waals surface area contributed by atoms with E-state index in [4.69, 9.17) is 4.74 Å². The van der Waals surface area contributed by atoms with Gasteiger partial charge >= 0.3 is 0 Å². The number of hydrogen-bond acceptors (Lipinski definition) is 4. The molecule has 5 nitrogen and oxygen atoms in total. The average Bonchev–Trinajstić information content (AvgIpc) is 2.93. The van der Waals surface area contributed by atoms with Gasteiger partial charge in [-0.3, -0.25) is 4.98 Å². The van der Waals surface area contributed by atoms with Gasteiger partial charge in [-0.2, -0.15) is 4.31 Å². The lowest BCUT2D eigenvalue weighted by Gasteiger charge is -2.23. The van der Waals surface area contributed by atoms with Crippen LogP contribution in [0.3, 0.4) is 0 Å². The summed E-state index contributed by atoms with van der Waals surface area (Å²) in [5.74, 6) is 1.21. The van der Waals surface area contributed by atoms with Crippen LogP contribution in [-0.4, -0.2) is 17.7 Å². The number of ether oxygens (including phenoxy) is 1. The molecule has 1 aliphatic rings. The fraction of sp³-hybridized carbons (Fsp3) is 0.150. The number of pyridine rings is 1. The number of nitrogens with zero attached hydrogens (tertiary/aromatic N) is 2. The molecule has 1 aliphatic heterocycles. The molecule has 0 N–H and O–H groups in total. The maximum atomic E-state index is 12.9. The van der Waals surface area contributed by atoms with Crippen LogP contribution in [0.2, 0.25) is 0 Å². The van der Waals surface area contributed by atoms with Crippen LogP contribution in [0.4, 0.5) is 0 Å². The van der Waals surface area contributed by atoms with Crippen molar-refractivity contribution in [2.75, 3.05) is 0 Å². The van der Waals surface area contributed by atoms with Crippen LogP contribution in [-0.2, 0) is 16.6 Å². The monoisotopic (exact) mass is 366 g/mol. The third-order valence-electron chi connectivity index (χ3n) is 4.53. The Kier molecular flexibility index (Phi) is 4.22. The van der Waals surface area contributed by atoms with Crippen LogP contribution in [0.25, 0.3) is 0 Å². The Hall–Kier alpha value is -2.70. The first-order valence-electron chi connectivity index (χ1n) is 8.33. The fourth-order valence-electron chi connectivity index (χ4n) is 3.16. The van der Waals surface area contributed by atoms with E-state index in [2.05, 4.69) is 4.98 Å². The molecule has 1 aromatic heterocycles. The predicted molar refractivity (Wildman–Crippen MR) is 98.3 cm³/mol. The quantitative estimate of drug-likeness (QED) is 0.696. The minimum Gasteiger partial charge on any atom is -0.456 e. The smallest absolute Gasteiger partial charge is 0.244 e. The van der Waals surface area contributed by atoms with Gasteiger partial charge in [0.15, 0.2) is 0 Å². The highest BCUT2D eigenvalue weighted by Crippen LogP contribution is 2.38. The molecule has 0 bridgehead atoms. The third-order valence-corrected chi connectivity index (χ3v) is 6.55. The Morgan fingerprint density at radius 3 is 2.58 bits per heavy atom. The topological polar surface area (TPSA) is 59.5 Å². The highest BCUT2D eigenvalue weighted by Gasteiger charge is 2.38. The SMILES string of the molecule is CC(c1ccccc1)N1Cc2cc(Oc3cccnc3)ccc2S1(=O)=O. The van der Waals surface area contributed by atoms with Crippen molar-refractivity contribution in [3.8, 4) is 11.5 Å². The van der Waals surface area contributed by atoms with Crippen LogP contribution in [0.5, 0.6) is 11.5 Å². The summed E-state index contributed by atoms with van der Waals surface area (Å²) in [7, 11) is -3.52. The summed E-state index contributed by atoms with van der Waals surface area (Å²) in [5.41, 5.74) is 1.71. The lowest BCUT2D eigenvalue weighted by molar-refractivity contribution is 0.350. The second-order valence-corrected chi connectivity index (χ2v) is 8.06. The van der Waals surface area contributed by atoms with E-state index in [-0.39, 0.29) is 6.04 Å². The molecule has 1 atom stereocenters. The minimum atomic E-state index is -3.52. The molecule has 132 valence electrons. The number of fused-ring (bicyclic) bond motifs is 1. The highest BCUT2D eigenvalue weighted by molar-refractivity contribution is 7.89. The summed E-state index contributed by atoms with van der Waals surface area (Å²) in [6, 6.07) is 18.1. The number of aromatic nitrogens is 1. The number of benzene rings is 2. The van der Waals surface area contributed by atoms with Gasteiger partial charge in [-0.25, -0.2) is 8.42 Å². The molecule has 1 unspecified atom stereocenters. The van der Waals surface area contributed by atoms with Crippen LogP contribution in [0.1, 0.15) is 24.1 Å². The van der Waals surface area contributed by atoms with Gasteiger partial charge in [0, 0.05) is 18.8 Å². The van der Waals surface area contributed by atoms with Crippen LogP contribution in [0, 0.1) is 0 Å². The van der Waals surface area contributed by atoms with E-state index in [1.54, 1.807) is 42.7 Å². The second-order valence-electron chi connectivity index (χ2n) is 6.20. The molecular weight excluding hydrogens is 348 g/mol. The molecule has 0 fully saturated rings. The summed E-state index contributed by atoms with van der Waals surface area (Å²) in [5, 5.41) is 0. The zero-order valence-electron chi connectivity index (χ0n) is 14.2. The van der Waals surface area contributed by atoms with E-state index < -0.39 is 10.0 Å². The van der Waals surface area contributed by atoms with Gasteiger partial charge < -0.3 is 4.74 Å². The van der Waals surface area contributed by atoms with Crippen molar-refractivity contribution in [1.82, 2.24) is 9.29 Å². The number of sulfonamides is 1. The average molecular weight is 366 g/mol. The molecule has 4 rings (SSSR count). The molecule has 0 aliphatic carbocycles. The van der Waals surface area contributed by atoms with E-state index in [1.165, 1.54) is 4.31 Å². The summed E-state index contributed by atoms with van der Waals surface area (Å²) >= 11 is 0. The van der Waals surface area contributed by atoms with Crippen LogP contribution >= 0.6 is 0 Å². The van der Waals surface area contributed by atoms with Crippen molar-refractivity contribution in [3.05, 3.63) is 84.2 Å². The van der Waals surface area contributed by atoms with Crippen LogP contribution in [0.15, 0.2) is 78.0 Å². The fourth-order valence-corrected chi connectivity index (χ4v) is 4.95.